The van der Waals surface area contributed by atoms with Crippen molar-refractivity contribution in [2.24, 2.45) is 0 Å². The number of hydrogen-bond donors (Lipinski definition) is 1. The van der Waals surface area contributed by atoms with Crippen LogP contribution in [0.5, 0.6) is 0 Å². The van der Waals surface area contributed by atoms with Crippen LogP contribution < -0.4 is 5.32 Å². The van der Waals surface area contributed by atoms with Gasteiger partial charge in [0, 0.05) is 12.8 Å². The van der Waals surface area contributed by atoms with E-state index in [9.17, 15) is 14.4 Å². The van der Waals surface area contributed by atoms with Gasteiger partial charge in [0.05, 0.1) is 6.42 Å². The van der Waals surface area contributed by atoms with Gasteiger partial charge in [-0.05, 0) is 26.0 Å². The van der Waals surface area contributed by atoms with Crippen LogP contribution >= 0.6 is 0 Å². The van der Waals surface area contributed by atoms with Crippen molar-refractivity contribution in [3.05, 3.63) is 30.3 Å². The molecule has 0 aromatic heterocycles. The van der Waals surface area contributed by atoms with Crippen molar-refractivity contribution in [3.8, 4) is 0 Å². The Balaban J connectivity index is 2.60. The molecule has 1 amide bonds. The Morgan fingerprint density at radius 2 is 1.81 bits per heavy atom. The average molecular weight is 293 g/mol. The van der Waals surface area contributed by atoms with E-state index in [1.807, 2.05) is 6.07 Å². The summed E-state index contributed by atoms with van der Waals surface area (Å²) in [4.78, 5) is 34.9. The molecular weight excluding hydrogens is 274 g/mol. The van der Waals surface area contributed by atoms with Gasteiger partial charge in [0.1, 0.15) is 0 Å². The molecule has 0 aliphatic heterocycles. The van der Waals surface area contributed by atoms with Gasteiger partial charge in [-0.15, -0.1) is 0 Å². The molecule has 0 radical (unpaired) electrons. The molecule has 1 N–H and O–H groups in total. The number of esters is 1. The largest absolute Gasteiger partial charge is 0.452 e. The number of amides is 1. The van der Waals surface area contributed by atoms with E-state index in [2.05, 4.69) is 5.32 Å². The number of ether oxygens (including phenoxy) is 2. The first kappa shape index (κ1) is 16.8. The molecule has 1 aromatic rings. The Hall–Kier alpha value is -2.21. The van der Waals surface area contributed by atoms with Gasteiger partial charge in [-0.2, -0.15) is 0 Å². The predicted molar refractivity (Wildman–Crippen MR) is 76.7 cm³/mol. The predicted octanol–water partition coefficient (Wildman–Crippen LogP) is 1.55. The zero-order chi connectivity index (χ0) is 15.8. The minimum absolute atomic E-state index is 0.230. The summed E-state index contributed by atoms with van der Waals surface area (Å²) in [5, 5.41) is 2.63. The molecule has 21 heavy (non-hydrogen) atoms. The van der Waals surface area contributed by atoms with Gasteiger partial charge in [-0.25, -0.2) is 4.79 Å². The SMILES string of the molecule is COC(C)C(=O)OC(CC(=O)Nc1ccccc1)C(C)=O. The average Bonchev–Trinajstić information content (AvgIpc) is 2.46. The Bertz CT molecular complexity index is 500. The fourth-order valence-corrected chi connectivity index (χ4v) is 1.50. The number of rotatable bonds is 7. The summed E-state index contributed by atoms with van der Waals surface area (Å²) in [6.07, 6.45) is -2.13. The number of nitrogens with one attached hydrogen (secondary N) is 1. The molecule has 0 bridgehead atoms. The van der Waals surface area contributed by atoms with Crippen LogP contribution in [0.15, 0.2) is 30.3 Å². The van der Waals surface area contributed by atoms with Crippen molar-refractivity contribution in [2.45, 2.75) is 32.5 Å². The van der Waals surface area contributed by atoms with E-state index >= 15 is 0 Å². The molecule has 0 saturated carbocycles. The topological polar surface area (TPSA) is 81.7 Å². The molecule has 0 spiro atoms. The van der Waals surface area contributed by atoms with E-state index in [4.69, 9.17) is 9.47 Å². The number of para-hydroxylation sites is 1. The molecule has 6 heteroatoms. The molecule has 0 aliphatic carbocycles. The van der Waals surface area contributed by atoms with Gasteiger partial charge in [-0.3, -0.25) is 9.59 Å². The van der Waals surface area contributed by atoms with E-state index in [0.717, 1.165) is 0 Å². The van der Waals surface area contributed by atoms with Gasteiger partial charge in [-0.1, -0.05) is 18.2 Å². The van der Waals surface area contributed by atoms with Gasteiger partial charge in [0.15, 0.2) is 18.0 Å². The lowest BCUT2D eigenvalue weighted by Crippen LogP contribution is -2.34. The monoisotopic (exact) mass is 293 g/mol. The molecule has 1 aromatic carbocycles. The third-order valence-corrected chi connectivity index (χ3v) is 2.83. The van der Waals surface area contributed by atoms with Crippen LogP contribution in [0.4, 0.5) is 5.69 Å². The minimum Gasteiger partial charge on any atom is -0.452 e. The summed E-state index contributed by atoms with van der Waals surface area (Å²) in [5.41, 5.74) is 0.612. The van der Waals surface area contributed by atoms with Gasteiger partial charge in [0.2, 0.25) is 5.91 Å². The van der Waals surface area contributed by atoms with E-state index in [0.29, 0.717) is 5.69 Å². The van der Waals surface area contributed by atoms with Crippen LogP contribution in [0.3, 0.4) is 0 Å². The molecular formula is C15H19NO5. The molecule has 0 heterocycles. The van der Waals surface area contributed by atoms with Crippen LogP contribution in [0.25, 0.3) is 0 Å². The summed E-state index contributed by atoms with van der Waals surface area (Å²) < 4.78 is 9.81. The third-order valence-electron chi connectivity index (χ3n) is 2.83. The first-order chi connectivity index (χ1) is 9.93. The maximum Gasteiger partial charge on any atom is 0.335 e. The van der Waals surface area contributed by atoms with E-state index in [-0.39, 0.29) is 6.42 Å². The van der Waals surface area contributed by atoms with Crippen molar-refractivity contribution in [1.29, 1.82) is 0 Å². The quantitative estimate of drug-likeness (QED) is 0.771. The molecule has 0 fully saturated rings. The van der Waals surface area contributed by atoms with Crippen LogP contribution in [0, 0.1) is 0 Å². The lowest BCUT2D eigenvalue weighted by molar-refractivity contribution is -0.164. The Morgan fingerprint density at radius 1 is 1.19 bits per heavy atom. The summed E-state index contributed by atoms with van der Waals surface area (Å²) in [6, 6.07) is 8.82. The highest BCUT2D eigenvalue weighted by Gasteiger charge is 2.25. The third kappa shape index (κ3) is 5.74. The number of ketones is 1. The number of carbonyl (C=O) groups excluding carboxylic acids is 3. The molecule has 1 rings (SSSR count). The van der Waals surface area contributed by atoms with Crippen LogP contribution in [0.2, 0.25) is 0 Å². The van der Waals surface area contributed by atoms with Crippen molar-refractivity contribution < 1.29 is 23.9 Å². The number of Topliss-reactive ketones (excluding diaryl/α,β-unsaturated/α-hetero) is 1. The highest BCUT2D eigenvalue weighted by molar-refractivity contribution is 5.95. The summed E-state index contributed by atoms with van der Waals surface area (Å²) >= 11 is 0. The van der Waals surface area contributed by atoms with Crippen LogP contribution in [0.1, 0.15) is 20.3 Å². The second kappa shape index (κ2) is 8.16. The second-order valence-electron chi connectivity index (χ2n) is 4.53. The maximum absolute atomic E-state index is 11.9. The smallest absolute Gasteiger partial charge is 0.335 e. The van der Waals surface area contributed by atoms with Crippen molar-refractivity contribution in [3.63, 3.8) is 0 Å². The van der Waals surface area contributed by atoms with Crippen molar-refractivity contribution >= 4 is 23.3 Å². The van der Waals surface area contributed by atoms with Crippen LogP contribution in [-0.2, 0) is 23.9 Å². The van der Waals surface area contributed by atoms with Gasteiger partial charge in [0.25, 0.3) is 0 Å². The van der Waals surface area contributed by atoms with Gasteiger partial charge >= 0.3 is 5.97 Å². The number of methoxy groups -OCH3 is 1. The summed E-state index contributed by atoms with van der Waals surface area (Å²) in [6.45, 7) is 2.77. The van der Waals surface area contributed by atoms with Crippen LogP contribution in [-0.4, -0.2) is 37.0 Å². The standard InChI is InChI=1S/C15H19NO5/c1-10(17)13(21-15(19)11(2)20-3)9-14(18)16-12-7-5-4-6-8-12/h4-8,11,13H,9H2,1-3H3,(H,16,18). The van der Waals surface area contributed by atoms with Crippen molar-refractivity contribution in [1.82, 2.24) is 0 Å². The lowest BCUT2D eigenvalue weighted by Gasteiger charge is -2.17. The highest BCUT2D eigenvalue weighted by atomic mass is 16.6. The fraction of sp³-hybridized carbons (Fsp3) is 0.400. The first-order valence-corrected chi connectivity index (χ1v) is 6.52. The molecule has 114 valence electrons. The molecule has 0 aliphatic rings. The Kier molecular flexibility index (Phi) is 6.55. The number of anilines is 1. The number of hydrogen-bond acceptors (Lipinski definition) is 5. The second-order valence-corrected chi connectivity index (χ2v) is 4.53. The van der Waals surface area contributed by atoms with E-state index in [1.165, 1.54) is 21.0 Å². The minimum atomic E-state index is -1.11. The Morgan fingerprint density at radius 3 is 2.33 bits per heavy atom. The van der Waals surface area contributed by atoms with Gasteiger partial charge < -0.3 is 14.8 Å². The molecule has 0 saturated heterocycles. The number of benzene rings is 1. The zero-order valence-electron chi connectivity index (χ0n) is 12.3. The highest BCUT2D eigenvalue weighted by Crippen LogP contribution is 2.09. The molecule has 2 unspecified atom stereocenters. The lowest BCUT2D eigenvalue weighted by atomic mass is 10.1. The molecule has 2 atom stereocenters. The zero-order valence-corrected chi connectivity index (χ0v) is 12.3. The van der Waals surface area contributed by atoms with E-state index < -0.39 is 29.9 Å². The summed E-state index contributed by atoms with van der Waals surface area (Å²) in [5.74, 6) is -1.47. The molecule has 6 nitrogen and oxygen atoms in total. The van der Waals surface area contributed by atoms with E-state index in [1.54, 1.807) is 24.3 Å². The van der Waals surface area contributed by atoms with Crippen molar-refractivity contribution in [2.75, 3.05) is 12.4 Å². The maximum atomic E-state index is 11.9. The first-order valence-electron chi connectivity index (χ1n) is 6.52. The Labute approximate surface area is 123 Å². The summed E-state index contributed by atoms with van der Waals surface area (Å²) in [7, 11) is 1.36. The fourth-order valence-electron chi connectivity index (χ4n) is 1.50. The number of carbonyl (C=O) groups is 3. The normalized spacial score (nSPS) is 13.1.